The zero-order chi connectivity index (χ0) is 9.97. The number of rotatable bonds is 1. The van der Waals surface area contributed by atoms with Crippen LogP contribution in [0.15, 0.2) is 24.3 Å². The van der Waals surface area contributed by atoms with Gasteiger partial charge in [0.2, 0.25) is 0 Å². The van der Waals surface area contributed by atoms with Crippen LogP contribution in [0.4, 0.5) is 0 Å². The van der Waals surface area contributed by atoms with E-state index in [1.165, 1.54) is 5.56 Å². The lowest BCUT2D eigenvalue weighted by atomic mass is 10.0. The van der Waals surface area contributed by atoms with Crippen LogP contribution in [0.2, 0.25) is 0 Å². The van der Waals surface area contributed by atoms with Crippen LogP contribution in [-0.4, -0.2) is 36.7 Å². The minimum Gasteiger partial charge on any atom is -0.508 e. The van der Waals surface area contributed by atoms with Gasteiger partial charge in [-0.1, -0.05) is 12.1 Å². The Morgan fingerprint density at radius 1 is 1.50 bits per heavy atom. The third-order valence-corrected chi connectivity index (χ3v) is 2.77. The van der Waals surface area contributed by atoms with Crippen molar-refractivity contribution in [3.63, 3.8) is 0 Å². The standard InChI is InChI=1S/C11H16N2O/c1-13-6-5-12-8-11(13)9-3-2-4-10(14)7-9/h2-4,7,11-12,14H,5-6,8H2,1H3. The van der Waals surface area contributed by atoms with Crippen LogP contribution in [0.1, 0.15) is 11.6 Å². The van der Waals surface area contributed by atoms with E-state index in [1.54, 1.807) is 6.07 Å². The second-order valence-electron chi connectivity index (χ2n) is 3.80. The van der Waals surface area contributed by atoms with Gasteiger partial charge in [-0.15, -0.1) is 0 Å². The molecule has 3 nitrogen and oxygen atoms in total. The molecule has 0 bridgehead atoms. The molecule has 1 aliphatic rings. The van der Waals surface area contributed by atoms with Crippen LogP contribution >= 0.6 is 0 Å². The summed E-state index contributed by atoms with van der Waals surface area (Å²) in [5, 5.41) is 12.8. The number of aromatic hydroxyl groups is 1. The molecule has 76 valence electrons. The van der Waals surface area contributed by atoms with Crippen molar-refractivity contribution in [1.29, 1.82) is 0 Å². The maximum Gasteiger partial charge on any atom is 0.115 e. The van der Waals surface area contributed by atoms with E-state index < -0.39 is 0 Å². The summed E-state index contributed by atoms with van der Waals surface area (Å²) in [6.45, 7) is 3.06. The van der Waals surface area contributed by atoms with Crippen molar-refractivity contribution in [2.45, 2.75) is 6.04 Å². The highest BCUT2D eigenvalue weighted by Gasteiger charge is 2.20. The molecular formula is C11H16N2O. The van der Waals surface area contributed by atoms with E-state index in [9.17, 15) is 5.11 Å². The number of nitrogens with one attached hydrogen (secondary N) is 1. The molecular weight excluding hydrogens is 176 g/mol. The highest BCUT2D eigenvalue weighted by molar-refractivity contribution is 5.29. The molecule has 1 unspecified atom stereocenters. The summed E-state index contributed by atoms with van der Waals surface area (Å²) < 4.78 is 0. The van der Waals surface area contributed by atoms with Crippen LogP contribution in [0.3, 0.4) is 0 Å². The Hall–Kier alpha value is -1.06. The highest BCUT2D eigenvalue weighted by atomic mass is 16.3. The first-order valence-electron chi connectivity index (χ1n) is 4.97. The SMILES string of the molecule is CN1CCNCC1c1cccc(O)c1. The van der Waals surface area contributed by atoms with Crippen molar-refractivity contribution in [2.24, 2.45) is 0 Å². The Kier molecular flexibility index (Phi) is 2.70. The molecule has 1 aromatic carbocycles. The molecule has 0 amide bonds. The number of hydrogen-bond donors (Lipinski definition) is 2. The highest BCUT2D eigenvalue weighted by Crippen LogP contribution is 2.23. The molecule has 1 atom stereocenters. The quantitative estimate of drug-likeness (QED) is 0.696. The van der Waals surface area contributed by atoms with E-state index in [4.69, 9.17) is 0 Å². The Bertz CT molecular complexity index is 314. The average molecular weight is 192 g/mol. The second kappa shape index (κ2) is 3.98. The predicted octanol–water partition coefficient (Wildman–Crippen LogP) is 0.968. The van der Waals surface area contributed by atoms with Gasteiger partial charge in [0.05, 0.1) is 0 Å². The first-order chi connectivity index (χ1) is 6.77. The van der Waals surface area contributed by atoms with Gasteiger partial charge >= 0.3 is 0 Å². The second-order valence-corrected chi connectivity index (χ2v) is 3.80. The van der Waals surface area contributed by atoms with Gasteiger partial charge in [0.25, 0.3) is 0 Å². The van der Waals surface area contributed by atoms with E-state index in [2.05, 4.69) is 23.3 Å². The molecule has 0 saturated carbocycles. The minimum atomic E-state index is 0.349. The van der Waals surface area contributed by atoms with E-state index in [0.29, 0.717) is 11.8 Å². The monoisotopic (exact) mass is 192 g/mol. The fourth-order valence-electron chi connectivity index (χ4n) is 1.91. The number of benzene rings is 1. The van der Waals surface area contributed by atoms with Gasteiger partial charge in [0.15, 0.2) is 0 Å². The van der Waals surface area contributed by atoms with Crippen LogP contribution in [0.25, 0.3) is 0 Å². The summed E-state index contributed by atoms with van der Waals surface area (Å²) in [4.78, 5) is 2.31. The molecule has 0 radical (unpaired) electrons. The predicted molar refractivity (Wildman–Crippen MR) is 56.3 cm³/mol. The smallest absolute Gasteiger partial charge is 0.115 e. The zero-order valence-electron chi connectivity index (χ0n) is 8.40. The largest absolute Gasteiger partial charge is 0.508 e. The topological polar surface area (TPSA) is 35.5 Å². The van der Waals surface area contributed by atoms with Crippen LogP contribution < -0.4 is 5.32 Å². The Morgan fingerprint density at radius 3 is 3.07 bits per heavy atom. The Labute approximate surface area is 84.4 Å². The number of nitrogens with zero attached hydrogens (tertiary/aromatic N) is 1. The number of hydrogen-bond acceptors (Lipinski definition) is 3. The molecule has 0 spiro atoms. The number of phenolic OH excluding ortho intramolecular Hbond substituents is 1. The number of piperazine rings is 1. The summed E-state index contributed by atoms with van der Waals surface area (Å²) in [5.41, 5.74) is 1.18. The lowest BCUT2D eigenvalue weighted by Gasteiger charge is -2.33. The average Bonchev–Trinajstić information content (AvgIpc) is 2.18. The van der Waals surface area contributed by atoms with E-state index in [1.807, 2.05) is 12.1 Å². The van der Waals surface area contributed by atoms with Crippen LogP contribution in [0, 0.1) is 0 Å². The summed E-state index contributed by atoms with van der Waals surface area (Å²) in [6, 6.07) is 7.89. The number of phenols is 1. The minimum absolute atomic E-state index is 0.349. The summed E-state index contributed by atoms with van der Waals surface area (Å²) in [6.07, 6.45) is 0. The van der Waals surface area contributed by atoms with Crippen molar-refractivity contribution in [3.05, 3.63) is 29.8 Å². The van der Waals surface area contributed by atoms with Gasteiger partial charge in [0.1, 0.15) is 5.75 Å². The fraction of sp³-hybridized carbons (Fsp3) is 0.455. The molecule has 1 aliphatic heterocycles. The van der Waals surface area contributed by atoms with Gasteiger partial charge in [-0.2, -0.15) is 0 Å². The number of likely N-dealkylation sites (N-methyl/N-ethyl adjacent to an activating group) is 1. The summed E-state index contributed by atoms with van der Waals surface area (Å²) in [5.74, 6) is 0.349. The molecule has 14 heavy (non-hydrogen) atoms. The molecule has 0 aliphatic carbocycles. The maximum atomic E-state index is 9.39. The molecule has 3 heteroatoms. The summed E-state index contributed by atoms with van der Waals surface area (Å²) in [7, 11) is 2.12. The van der Waals surface area contributed by atoms with Gasteiger partial charge in [-0.25, -0.2) is 0 Å². The first kappa shape index (κ1) is 9.49. The molecule has 1 aromatic rings. The Morgan fingerprint density at radius 2 is 2.36 bits per heavy atom. The molecule has 1 saturated heterocycles. The van der Waals surface area contributed by atoms with Crippen molar-refractivity contribution in [2.75, 3.05) is 26.7 Å². The fourth-order valence-corrected chi connectivity index (χ4v) is 1.91. The molecule has 1 heterocycles. The first-order valence-corrected chi connectivity index (χ1v) is 4.97. The molecule has 2 rings (SSSR count). The van der Waals surface area contributed by atoms with E-state index in [-0.39, 0.29) is 0 Å². The van der Waals surface area contributed by atoms with E-state index >= 15 is 0 Å². The third-order valence-electron chi connectivity index (χ3n) is 2.77. The lowest BCUT2D eigenvalue weighted by molar-refractivity contribution is 0.202. The Balaban J connectivity index is 2.20. The van der Waals surface area contributed by atoms with Crippen molar-refractivity contribution in [1.82, 2.24) is 10.2 Å². The van der Waals surface area contributed by atoms with Gasteiger partial charge in [-0.3, -0.25) is 4.90 Å². The molecule has 1 fully saturated rings. The van der Waals surface area contributed by atoms with E-state index in [0.717, 1.165) is 19.6 Å². The third kappa shape index (κ3) is 1.89. The summed E-state index contributed by atoms with van der Waals surface area (Å²) >= 11 is 0. The van der Waals surface area contributed by atoms with Gasteiger partial charge < -0.3 is 10.4 Å². The molecule has 0 aromatic heterocycles. The maximum absolute atomic E-state index is 9.39. The van der Waals surface area contributed by atoms with Gasteiger partial charge in [0, 0.05) is 25.7 Å². The van der Waals surface area contributed by atoms with Crippen molar-refractivity contribution >= 4 is 0 Å². The van der Waals surface area contributed by atoms with Crippen molar-refractivity contribution < 1.29 is 5.11 Å². The normalized spacial score (nSPS) is 23.6. The van der Waals surface area contributed by atoms with Crippen molar-refractivity contribution in [3.8, 4) is 5.75 Å². The lowest BCUT2D eigenvalue weighted by Crippen LogP contribution is -2.43. The zero-order valence-corrected chi connectivity index (χ0v) is 8.40. The van der Waals surface area contributed by atoms with Crippen LogP contribution in [0.5, 0.6) is 5.75 Å². The molecule has 2 N–H and O–H groups in total. The van der Waals surface area contributed by atoms with Crippen LogP contribution in [-0.2, 0) is 0 Å². The van der Waals surface area contributed by atoms with Gasteiger partial charge in [-0.05, 0) is 24.7 Å².